The van der Waals surface area contributed by atoms with Gasteiger partial charge in [-0.2, -0.15) is 5.26 Å². The maximum atomic E-state index is 12.2. The maximum Gasteiger partial charge on any atom is 0.264 e. The van der Waals surface area contributed by atoms with Crippen molar-refractivity contribution in [3.8, 4) is 6.07 Å². The lowest BCUT2D eigenvalue weighted by Crippen LogP contribution is -2.15. The first kappa shape index (κ1) is 14.2. The van der Waals surface area contributed by atoms with Gasteiger partial charge in [-0.25, -0.2) is 18.4 Å². The number of anilines is 2. The third-order valence-corrected chi connectivity index (χ3v) is 4.10. The highest BCUT2D eigenvalue weighted by atomic mass is 79.9. The van der Waals surface area contributed by atoms with Crippen LogP contribution >= 0.6 is 15.9 Å². The summed E-state index contributed by atoms with van der Waals surface area (Å²) in [6.07, 6.45) is 2.61. The van der Waals surface area contributed by atoms with Crippen LogP contribution < -0.4 is 10.5 Å². The van der Waals surface area contributed by atoms with Crippen LogP contribution in [-0.4, -0.2) is 18.4 Å². The number of aromatic nitrogens is 2. The van der Waals surface area contributed by atoms with Crippen LogP contribution in [0, 0.1) is 11.3 Å². The lowest BCUT2D eigenvalue weighted by atomic mass is 10.2. The highest BCUT2D eigenvalue weighted by Crippen LogP contribution is 2.20. The summed E-state index contributed by atoms with van der Waals surface area (Å²) in [5.74, 6) is 0.0499. The number of nitrogens with zero attached hydrogens (tertiary/aromatic N) is 3. The van der Waals surface area contributed by atoms with Crippen molar-refractivity contribution in [2.75, 3.05) is 10.5 Å². The first-order valence-corrected chi connectivity index (χ1v) is 7.50. The van der Waals surface area contributed by atoms with Crippen molar-refractivity contribution >= 4 is 37.5 Å². The fourth-order valence-electron chi connectivity index (χ4n) is 1.43. The largest absolute Gasteiger partial charge is 0.399 e. The van der Waals surface area contributed by atoms with E-state index in [0.29, 0.717) is 10.3 Å². The molecule has 0 bridgehead atoms. The molecule has 2 rings (SSSR count). The molecule has 1 aromatic heterocycles. The molecule has 1 aromatic carbocycles. The molecule has 3 N–H and O–H groups in total. The fraction of sp³-hybridized carbons (Fsp3) is 0. The van der Waals surface area contributed by atoms with Crippen LogP contribution in [0.1, 0.15) is 5.56 Å². The minimum absolute atomic E-state index is 0.0393. The fourth-order valence-corrected chi connectivity index (χ4v) is 2.76. The van der Waals surface area contributed by atoms with Crippen LogP contribution in [-0.2, 0) is 10.0 Å². The summed E-state index contributed by atoms with van der Waals surface area (Å²) in [7, 11) is -3.93. The summed E-state index contributed by atoms with van der Waals surface area (Å²) < 4.78 is 27.1. The average Bonchev–Trinajstić information content (AvgIpc) is 2.40. The minimum Gasteiger partial charge on any atom is -0.399 e. The highest BCUT2D eigenvalue weighted by Gasteiger charge is 2.19. The SMILES string of the molecule is N#Cc1cc(N)ccc1S(=O)(=O)Nc1cnc(Br)cn1. The van der Waals surface area contributed by atoms with Gasteiger partial charge in [-0.15, -0.1) is 0 Å². The third-order valence-electron chi connectivity index (χ3n) is 2.27. The quantitative estimate of drug-likeness (QED) is 0.806. The number of nitrogen functional groups attached to an aromatic ring is 1. The van der Waals surface area contributed by atoms with Crippen LogP contribution in [0.5, 0.6) is 0 Å². The Labute approximate surface area is 123 Å². The summed E-state index contributed by atoms with van der Waals surface area (Å²) in [6.45, 7) is 0. The van der Waals surface area contributed by atoms with Crippen LogP contribution in [0.3, 0.4) is 0 Å². The molecule has 0 unspecified atom stereocenters. The average molecular weight is 354 g/mol. The summed E-state index contributed by atoms with van der Waals surface area (Å²) in [6, 6.07) is 5.76. The van der Waals surface area contributed by atoms with Gasteiger partial charge in [0.15, 0.2) is 5.82 Å². The lowest BCUT2D eigenvalue weighted by Gasteiger charge is -2.08. The Balaban J connectivity index is 2.41. The normalized spacial score (nSPS) is 10.8. The number of hydrogen-bond acceptors (Lipinski definition) is 6. The van der Waals surface area contributed by atoms with E-state index in [4.69, 9.17) is 11.0 Å². The van der Waals surface area contributed by atoms with Gasteiger partial charge in [-0.3, -0.25) is 4.72 Å². The van der Waals surface area contributed by atoms with Crippen molar-refractivity contribution in [3.63, 3.8) is 0 Å². The standard InChI is InChI=1S/C11H8BrN5O2S/c12-10-5-16-11(6-15-10)17-20(18,19)9-2-1-8(14)3-7(9)4-13/h1-3,5-6H,14H2,(H,16,17). The topological polar surface area (TPSA) is 122 Å². The second-order valence-electron chi connectivity index (χ2n) is 3.70. The molecular formula is C11H8BrN5O2S. The number of halogens is 1. The Hall–Kier alpha value is -2.18. The highest BCUT2D eigenvalue weighted by molar-refractivity contribution is 9.10. The van der Waals surface area contributed by atoms with Gasteiger partial charge >= 0.3 is 0 Å². The van der Waals surface area contributed by atoms with Gasteiger partial charge in [0, 0.05) is 5.69 Å². The summed E-state index contributed by atoms with van der Waals surface area (Å²) in [5, 5.41) is 8.98. The lowest BCUT2D eigenvalue weighted by molar-refractivity contribution is 0.601. The third kappa shape index (κ3) is 3.04. The van der Waals surface area contributed by atoms with E-state index in [1.807, 2.05) is 0 Å². The van der Waals surface area contributed by atoms with E-state index in [0.717, 1.165) is 0 Å². The number of rotatable bonds is 3. The van der Waals surface area contributed by atoms with E-state index < -0.39 is 10.0 Å². The Morgan fingerprint density at radius 3 is 2.65 bits per heavy atom. The van der Waals surface area contributed by atoms with Crippen molar-refractivity contribution in [2.45, 2.75) is 4.90 Å². The van der Waals surface area contributed by atoms with Crippen LogP contribution in [0.4, 0.5) is 11.5 Å². The Bertz CT molecular complexity index is 783. The van der Waals surface area contributed by atoms with Crippen molar-refractivity contribution in [3.05, 3.63) is 40.8 Å². The Kier molecular flexibility index (Phi) is 3.87. The van der Waals surface area contributed by atoms with Crippen molar-refractivity contribution in [1.29, 1.82) is 5.26 Å². The summed E-state index contributed by atoms with van der Waals surface area (Å²) in [5.41, 5.74) is 5.79. The molecule has 9 heteroatoms. The van der Waals surface area contributed by atoms with E-state index in [1.165, 1.54) is 30.6 Å². The van der Waals surface area contributed by atoms with E-state index in [-0.39, 0.29) is 16.3 Å². The molecule has 0 aliphatic rings. The van der Waals surface area contributed by atoms with Gasteiger partial charge in [-0.05, 0) is 34.1 Å². The molecule has 102 valence electrons. The molecule has 0 aliphatic carbocycles. The molecule has 0 saturated carbocycles. The van der Waals surface area contributed by atoms with Crippen LogP contribution in [0.2, 0.25) is 0 Å². The number of sulfonamides is 1. The van der Waals surface area contributed by atoms with Gasteiger partial charge in [0.1, 0.15) is 15.6 Å². The summed E-state index contributed by atoms with van der Waals surface area (Å²) in [4.78, 5) is 7.54. The Morgan fingerprint density at radius 2 is 2.05 bits per heavy atom. The van der Waals surface area contributed by atoms with E-state index >= 15 is 0 Å². The summed E-state index contributed by atoms with van der Waals surface area (Å²) >= 11 is 3.09. The number of benzene rings is 1. The van der Waals surface area contributed by atoms with Crippen molar-refractivity contribution in [1.82, 2.24) is 9.97 Å². The molecule has 0 saturated heterocycles. The van der Waals surface area contributed by atoms with Gasteiger partial charge in [-0.1, -0.05) is 0 Å². The van der Waals surface area contributed by atoms with Gasteiger partial charge in [0.05, 0.1) is 18.0 Å². The second kappa shape index (κ2) is 5.44. The molecule has 0 amide bonds. The first-order chi connectivity index (χ1) is 9.42. The minimum atomic E-state index is -3.93. The molecule has 2 aromatic rings. The zero-order valence-electron chi connectivity index (χ0n) is 9.91. The molecule has 0 spiro atoms. The number of nitrogens with two attached hydrogens (primary N) is 1. The Morgan fingerprint density at radius 1 is 1.30 bits per heavy atom. The first-order valence-electron chi connectivity index (χ1n) is 5.22. The van der Waals surface area contributed by atoms with Crippen LogP contribution in [0.15, 0.2) is 40.1 Å². The molecule has 0 radical (unpaired) electrons. The number of nitriles is 1. The maximum absolute atomic E-state index is 12.2. The van der Waals surface area contributed by atoms with E-state index in [9.17, 15) is 8.42 Å². The molecule has 1 heterocycles. The molecule has 0 fully saturated rings. The predicted octanol–water partition coefficient (Wildman–Crippen LogP) is 1.49. The van der Waals surface area contributed by atoms with Gasteiger partial charge in [0.2, 0.25) is 0 Å². The zero-order chi connectivity index (χ0) is 14.8. The number of hydrogen-bond donors (Lipinski definition) is 2. The smallest absolute Gasteiger partial charge is 0.264 e. The van der Waals surface area contributed by atoms with Crippen molar-refractivity contribution in [2.24, 2.45) is 0 Å². The zero-order valence-corrected chi connectivity index (χ0v) is 12.3. The van der Waals surface area contributed by atoms with Crippen molar-refractivity contribution < 1.29 is 8.42 Å². The molecular weight excluding hydrogens is 346 g/mol. The monoisotopic (exact) mass is 353 g/mol. The van der Waals surface area contributed by atoms with E-state index in [2.05, 4.69) is 30.6 Å². The van der Waals surface area contributed by atoms with Gasteiger partial charge < -0.3 is 5.73 Å². The second-order valence-corrected chi connectivity index (χ2v) is 6.16. The van der Waals surface area contributed by atoms with Crippen LogP contribution in [0.25, 0.3) is 0 Å². The molecule has 0 atom stereocenters. The molecule has 0 aliphatic heterocycles. The molecule has 20 heavy (non-hydrogen) atoms. The predicted molar refractivity (Wildman–Crippen MR) is 76.1 cm³/mol. The number of nitrogens with one attached hydrogen (secondary N) is 1. The molecule has 7 nitrogen and oxygen atoms in total. The van der Waals surface area contributed by atoms with Gasteiger partial charge in [0.25, 0.3) is 10.0 Å². The van der Waals surface area contributed by atoms with E-state index in [1.54, 1.807) is 6.07 Å².